The lowest BCUT2D eigenvalue weighted by atomic mass is 9.76. The van der Waals surface area contributed by atoms with Crippen LogP contribution in [0, 0.1) is 18.8 Å². The van der Waals surface area contributed by atoms with Gasteiger partial charge in [0.1, 0.15) is 17.9 Å². The van der Waals surface area contributed by atoms with Crippen LogP contribution in [-0.4, -0.2) is 40.6 Å². The normalized spacial score (nSPS) is 31.9. The third-order valence-electron chi connectivity index (χ3n) is 7.94. The summed E-state index contributed by atoms with van der Waals surface area (Å²) in [5.74, 6) is -2.70. The first-order valence-electron chi connectivity index (χ1n) is 11.4. The average molecular weight is 460 g/mol. The molecule has 0 bridgehead atoms. The number of hydrogen-bond acceptors (Lipinski definition) is 4. The number of fused-ring (bicyclic) bond motifs is 4. The molecule has 1 aromatic carbocycles. The molecular formula is C23H28ClN4O4+. The molecule has 5 N–H and O–H groups in total. The van der Waals surface area contributed by atoms with Crippen LogP contribution in [0.5, 0.6) is 0 Å². The van der Waals surface area contributed by atoms with E-state index < -0.39 is 23.3 Å². The van der Waals surface area contributed by atoms with Crippen molar-refractivity contribution < 1.29 is 24.5 Å². The van der Waals surface area contributed by atoms with Crippen molar-refractivity contribution in [2.75, 3.05) is 5.32 Å². The highest BCUT2D eigenvalue weighted by molar-refractivity contribution is 6.32. The number of benzene rings is 1. The van der Waals surface area contributed by atoms with Crippen LogP contribution in [0.15, 0.2) is 12.1 Å². The smallest absolute Gasteiger partial charge is 0.291 e. The molecule has 4 aliphatic rings. The van der Waals surface area contributed by atoms with E-state index in [-0.39, 0.29) is 36.2 Å². The molecule has 1 saturated carbocycles. The summed E-state index contributed by atoms with van der Waals surface area (Å²) in [5.41, 5.74) is 6.19. The van der Waals surface area contributed by atoms with E-state index in [1.165, 1.54) is 4.90 Å². The van der Waals surface area contributed by atoms with Gasteiger partial charge in [0.15, 0.2) is 0 Å². The van der Waals surface area contributed by atoms with Crippen LogP contribution in [0.1, 0.15) is 56.1 Å². The van der Waals surface area contributed by atoms with Crippen LogP contribution in [0.2, 0.25) is 5.02 Å². The molecule has 3 fully saturated rings. The molecule has 8 nitrogen and oxygen atoms in total. The molecule has 170 valence electrons. The van der Waals surface area contributed by atoms with Crippen molar-refractivity contribution in [1.29, 1.82) is 0 Å². The Morgan fingerprint density at radius 1 is 1.22 bits per heavy atom. The van der Waals surface area contributed by atoms with Crippen molar-refractivity contribution in [3.8, 4) is 0 Å². The molecule has 0 radical (unpaired) electrons. The lowest BCUT2D eigenvalue weighted by Gasteiger charge is -2.32. The van der Waals surface area contributed by atoms with Gasteiger partial charge in [-0.15, -0.1) is 0 Å². The van der Waals surface area contributed by atoms with Crippen LogP contribution in [0.4, 0.5) is 5.69 Å². The molecule has 32 heavy (non-hydrogen) atoms. The first-order valence-corrected chi connectivity index (χ1v) is 11.8. The molecule has 4 atom stereocenters. The van der Waals surface area contributed by atoms with Gasteiger partial charge in [-0.1, -0.05) is 30.9 Å². The third-order valence-corrected chi connectivity index (χ3v) is 8.35. The van der Waals surface area contributed by atoms with Crippen molar-refractivity contribution in [2.45, 2.75) is 69.5 Å². The second-order valence-electron chi connectivity index (χ2n) is 9.60. The highest BCUT2D eigenvalue weighted by atomic mass is 35.5. The lowest BCUT2D eigenvalue weighted by molar-refractivity contribution is -0.734. The Kier molecular flexibility index (Phi) is 5.05. The zero-order chi connectivity index (χ0) is 22.8. The Labute approximate surface area is 191 Å². The number of quaternary nitrogens is 1. The zero-order valence-electron chi connectivity index (χ0n) is 18.0. The van der Waals surface area contributed by atoms with E-state index in [4.69, 9.17) is 17.3 Å². The number of amides is 4. The largest absolute Gasteiger partial charge is 0.370 e. The number of nitrogens with two attached hydrogens (primary N) is 2. The van der Waals surface area contributed by atoms with E-state index in [9.17, 15) is 19.2 Å². The fourth-order valence-corrected chi connectivity index (χ4v) is 6.60. The Bertz CT molecular complexity index is 1040. The highest BCUT2D eigenvalue weighted by Crippen LogP contribution is 2.51. The second kappa shape index (κ2) is 7.56. The molecule has 2 saturated heterocycles. The van der Waals surface area contributed by atoms with Crippen LogP contribution in [-0.2, 0) is 24.7 Å². The number of likely N-dealkylation sites (tertiary alicyclic amines) is 1. The summed E-state index contributed by atoms with van der Waals surface area (Å²) in [5, 5.41) is 5.31. The van der Waals surface area contributed by atoms with Gasteiger partial charge >= 0.3 is 0 Å². The Morgan fingerprint density at radius 2 is 1.94 bits per heavy atom. The van der Waals surface area contributed by atoms with E-state index in [0.29, 0.717) is 22.7 Å². The molecule has 9 heteroatoms. The Hall–Kier alpha value is -2.45. The summed E-state index contributed by atoms with van der Waals surface area (Å²) in [7, 11) is 0. The molecular weight excluding hydrogens is 432 g/mol. The number of halogens is 1. The summed E-state index contributed by atoms with van der Waals surface area (Å²) < 4.78 is 0. The number of primary amides is 1. The Balaban J connectivity index is 1.62. The standard InChI is InChI=1S/C23H27ClN4O4/c1-11-14(24)8-7-13-19(11)26-22(32)23(13)18-17(15(27-23)9-10-16(25)29)20(30)28(21(18)31)12-5-3-2-4-6-12/h7-8,12,15,17-18,27H,2-6,9-10H2,1H3,(H2,25,29)(H,26,32)/p+1/t15-,17-,18+,23-/m1/s1. The maximum absolute atomic E-state index is 13.8. The van der Waals surface area contributed by atoms with Crippen LogP contribution >= 0.6 is 11.6 Å². The minimum atomic E-state index is -1.24. The Morgan fingerprint density at radius 3 is 2.62 bits per heavy atom. The van der Waals surface area contributed by atoms with Gasteiger partial charge in [-0.3, -0.25) is 24.1 Å². The van der Waals surface area contributed by atoms with Crippen LogP contribution in [0.25, 0.3) is 0 Å². The first-order chi connectivity index (χ1) is 15.3. The second-order valence-corrected chi connectivity index (χ2v) is 10.0. The number of imide groups is 1. The molecule has 1 aliphatic carbocycles. The molecule has 1 spiro atoms. The van der Waals surface area contributed by atoms with E-state index >= 15 is 0 Å². The number of anilines is 1. The average Bonchev–Trinajstić information content (AvgIpc) is 3.35. The topological polar surface area (TPSA) is 126 Å². The molecule has 1 aromatic rings. The lowest BCUT2D eigenvalue weighted by Crippen LogP contribution is -2.99. The van der Waals surface area contributed by atoms with Crippen LogP contribution < -0.4 is 16.4 Å². The number of carbonyl (C=O) groups is 4. The molecule has 3 heterocycles. The van der Waals surface area contributed by atoms with Gasteiger partial charge in [-0.05, 0) is 37.5 Å². The van der Waals surface area contributed by atoms with Gasteiger partial charge in [0.25, 0.3) is 5.91 Å². The first kappa shape index (κ1) is 21.4. The van der Waals surface area contributed by atoms with Crippen molar-refractivity contribution in [1.82, 2.24) is 4.90 Å². The van der Waals surface area contributed by atoms with Gasteiger partial charge in [-0.25, -0.2) is 0 Å². The summed E-state index contributed by atoms with van der Waals surface area (Å²) in [6.07, 6.45) is 5.12. The van der Waals surface area contributed by atoms with E-state index in [0.717, 1.165) is 37.7 Å². The fourth-order valence-electron chi connectivity index (χ4n) is 6.45. The predicted molar refractivity (Wildman–Crippen MR) is 116 cm³/mol. The number of rotatable bonds is 4. The van der Waals surface area contributed by atoms with Crippen molar-refractivity contribution in [3.63, 3.8) is 0 Å². The monoisotopic (exact) mass is 459 g/mol. The number of nitrogens with one attached hydrogen (secondary N) is 1. The fraction of sp³-hybridized carbons (Fsp3) is 0.565. The van der Waals surface area contributed by atoms with Gasteiger partial charge in [0.05, 0.1) is 5.69 Å². The van der Waals surface area contributed by atoms with Gasteiger partial charge in [0, 0.05) is 29.5 Å². The zero-order valence-corrected chi connectivity index (χ0v) is 18.8. The minimum Gasteiger partial charge on any atom is -0.370 e. The van der Waals surface area contributed by atoms with E-state index in [1.54, 1.807) is 12.1 Å². The minimum absolute atomic E-state index is 0.0967. The quantitative estimate of drug-likeness (QED) is 0.579. The van der Waals surface area contributed by atoms with E-state index in [2.05, 4.69) is 5.32 Å². The maximum Gasteiger partial charge on any atom is 0.291 e. The third kappa shape index (κ3) is 2.85. The molecule has 0 aromatic heterocycles. The summed E-state index contributed by atoms with van der Waals surface area (Å²) in [6.45, 7) is 1.83. The summed E-state index contributed by atoms with van der Waals surface area (Å²) in [6, 6.07) is 3.02. The summed E-state index contributed by atoms with van der Waals surface area (Å²) in [4.78, 5) is 54.0. The maximum atomic E-state index is 13.8. The van der Waals surface area contributed by atoms with Crippen LogP contribution in [0.3, 0.4) is 0 Å². The molecule has 3 aliphatic heterocycles. The predicted octanol–water partition coefficient (Wildman–Crippen LogP) is 0.941. The van der Waals surface area contributed by atoms with Gasteiger partial charge < -0.3 is 16.4 Å². The number of nitrogens with zero attached hydrogens (tertiary/aromatic N) is 1. The molecule has 4 amide bonds. The van der Waals surface area contributed by atoms with Crippen molar-refractivity contribution in [3.05, 3.63) is 28.3 Å². The highest BCUT2D eigenvalue weighted by Gasteiger charge is 2.74. The molecule has 0 unspecified atom stereocenters. The van der Waals surface area contributed by atoms with Crippen molar-refractivity contribution in [2.24, 2.45) is 17.6 Å². The number of carbonyl (C=O) groups excluding carboxylic acids is 4. The van der Waals surface area contributed by atoms with Crippen molar-refractivity contribution >= 4 is 40.9 Å². The van der Waals surface area contributed by atoms with E-state index in [1.807, 2.05) is 12.2 Å². The summed E-state index contributed by atoms with van der Waals surface area (Å²) >= 11 is 6.29. The molecule has 5 rings (SSSR count). The SMILES string of the molecule is Cc1c(Cl)ccc2c1NC(=O)[C@@]21[NH2+][C@H](CCC(N)=O)[C@H]2C(=O)N(C3CCCCC3)C(=O)[C@H]21. The van der Waals surface area contributed by atoms with Gasteiger partial charge in [0.2, 0.25) is 23.3 Å². The van der Waals surface area contributed by atoms with Gasteiger partial charge in [-0.2, -0.15) is 0 Å². The number of hydrogen-bond donors (Lipinski definition) is 3.